The van der Waals surface area contributed by atoms with Crippen LogP contribution in [0.15, 0.2) is 29.2 Å². The van der Waals surface area contributed by atoms with Gasteiger partial charge >= 0.3 is 15.6 Å². The highest BCUT2D eigenvalue weighted by molar-refractivity contribution is 7.91. The van der Waals surface area contributed by atoms with Crippen molar-refractivity contribution in [1.29, 1.82) is 0 Å². The minimum absolute atomic E-state index is 0.0633. The van der Waals surface area contributed by atoms with E-state index in [1.165, 1.54) is 0 Å². The molecule has 1 aromatic rings. The first-order chi connectivity index (χ1) is 13.7. The number of hydrogen-bond donors (Lipinski definition) is 1. The molecular weight excluding hydrogens is 447 g/mol. The van der Waals surface area contributed by atoms with Crippen LogP contribution < -0.4 is 14.2 Å². The molecule has 1 atom stereocenters. The largest absolute Gasteiger partial charge is 0.534 e. The summed E-state index contributed by atoms with van der Waals surface area (Å²) >= 11 is 0. The van der Waals surface area contributed by atoms with E-state index in [4.69, 9.17) is 4.74 Å². The number of rotatable bonds is 7. The van der Waals surface area contributed by atoms with Crippen LogP contribution in [-0.4, -0.2) is 40.7 Å². The summed E-state index contributed by atoms with van der Waals surface area (Å²) < 4.78 is 96.4. The molecule has 2 rings (SSSR count). The number of ether oxygens (including phenoxy) is 1. The van der Waals surface area contributed by atoms with Crippen LogP contribution in [0.4, 0.5) is 13.2 Å². The average molecular weight is 472 g/mol. The number of nitrogens with one attached hydrogen (secondary N) is 1. The van der Waals surface area contributed by atoms with Crippen molar-refractivity contribution in [2.75, 3.05) is 12.9 Å². The molecule has 30 heavy (non-hydrogen) atoms. The first-order valence-corrected chi connectivity index (χ1v) is 12.1. The van der Waals surface area contributed by atoms with Crippen LogP contribution >= 0.6 is 0 Å². The second-order valence-corrected chi connectivity index (χ2v) is 10.7. The van der Waals surface area contributed by atoms with Gasteiger partial charge in [0.15, 0.2) is 21.3 Å². The molecule has 0 fully saturated rings. The first kappa shape index (κ1) is 24.5. The maximum Gasteiger partial charge on any atom is 0.534 e. The van der Waals surface area contributed by atoms with E-state index in [2.05, 4.69) is 16.1 Å². The van der Waals surface area contributed by atoms with Crippen LogP contribution in [0.1, 0.15) is 38.7 Å². The van der Waals surface area contributed by atoms with Gasteiger partial charge < -0.3 is 14.2 Å². The minimum atomic E-state index is -6.01. The lowest BCUT2D eigenvalue weighted by atomic mass is 9.87. The van der Waals surface area contributed by atoms with E-state index in [1.54, 1.807) is 6.92 Å². The predicted molar refractivity (Wildman–Crippen MR) is 105 cm³/mol. The number of halogens is 3. The zero-order valence-corrected chi connectivity index (χ0v) is 18.4. The molecule has 170 valence electrons. The fraction of sp³-hybridized carbons (Fsp3) is 0.556. The molecular formula is C18H24F3NO6S2. The van der Waals surface area contributed by atoms with Gasteiger partial charge in [-0.15, -0.1) is 0 Å². The molecule has 1 aromatic carbocycles. The Morgan fingerprint density at radius 2 is 1.93 bits per heavy atom. The van der Waals surface area contributed by atoms with Crippen LogP contribution in [0.3, 0.4) is 0 Å². The lowest BCUT2D eigenvalue weighted by Crippen LogP contribution is -2.49. The van der Waals surface area contributed by atoms with Gasteiger partial charge in [-0.1, -0.05) is 31.9 Å². The van der Waals surface area contributed by atoms with Gasteiger partial charge in [0.1, 0.15) is 0 Å². The molecule has 1 aliphatic heterocycles. The van der Waals surface area contributed by atoms with Crippen molar-refractivity contribution in [3.63, 3.8) is 0 Å². The summed E-state index contributed by atoms with van der Waals surface area (Å²) in [6.45, 7) is 7.65. The summed E-state index contributed by atoms with van der Waals surface area (Å²) in [6, 6.07) is 1.93. The Kier molecular flexibility index (Phi) is 6.84. The number of sulfone groups is 1. The van der Waals surface area contributed by atoms with Crippen LogP contribution in [0.5, 0.6) is 11.5 Å². The Balaban J connectivity index is 2.60. The monoisotopic (exact) mass is 471 g/mol. The molecule has 0 spiro atoms. The standard InChI is InChI=1S/C18H24F3NO6S2/c1-5-6-7-17(12(2)3)11-29(23,24)16-9-15(28-30(25,26)18(19,20)21)14(27-4)8-13(16)10-22-17/h8-9,22H,2,5-7,10-11H2,1,3-4H3. The van der Waals surface area contributed by atoms with E-state index in [9.17, 15) is 30.0 Å². The van der Waals surface area contributed by atoms with Gasteiger partial charge in [0.2, 0.25) is 0 Å². The van der Waals surface area contributed by atoms with Gasteiger partial charge in [0.05, 0.1) is 23.3 Å². The molecule has 0 bridgehead atoms. The van der Waals surface area contributed by atoms with E-state index < -0.39 is 36.8 Å². The van der Waals surface area contributed by atoms with Crippen molar-refractivity contribution >= 4 is 20.0 Å². The Morgan fingerprint density at radius 1 is 1.30 bits per heavy atom. The van der Waals surface area contributed by atoms with Crippen molar-refractivity contribution in [2.45, 2.75) is 55.6 Å². The van der Waals surface area contributed by atoms with E-state index in [0.717, 1.165) is 32.1 Å². The topological polar surface area (TPSA) is 98.8 Å². The Morgan fingerprint density at radius 3 is 2.43 bits per heavy atom. The van der Waals surface area contributed by atoms with E-state index in [0.29, 0.717) is 12.0 Å². The number of benzene rings is 1. The summed E-state index contributed by atoms with van der Waals surface area (Å²) in [6.07, 6.45) is 2.05. The molecule has 0 radical (unpaired) electrons. The lowest BCUT2D eigenvalue weighted by molar-refractivity contribution is -0.0500. The number of methoxy groups -OCH3 is 1. The second-order valence-electron chi connectivity index (χ2n) is 7.17. The van der Waals surface area contributed by atoms with Crippen LogP contribution in [0, 0.1) is 0 Å². The number of unbranched alkanes of at least 4 members (excludes halogenated alkanes) is 1. The molecule has 0 amide bonds. The lowest BCUT2D eigenvalue weighted by Gasteiger charge is -2.34. The van der Waals surface area contributed by atoms with Crippen molar-refractivity contribution in [1.82, 2.24) is 5.32 Å². The van der Waals surface area contributed by atoms with Crippen molar-refractivity contribution < 1.29 is 38.9 Å². The molecule has 7 nitrogen and oxygen atoms in total. The summed E-state index contributed by atoms with van der Waals surface area (Å²) in [4.78, 5) is -0.317. The average Bonchev–Trinajstić information content (AvgIpc) is 2.73. The summed E-state index contributed by atoms with van der Waals surface area (Å²) in [5.41, 5.74) is -5.78. The number of hydrogen-bond acceptors (Lipinski definition) is 7. The Labute approximate surface area is 174 Å². The molecule has 1 aliphatic rings. The molecule has 0 aliphatic carbocycles. The van der Waals surface area contributed by atoms with Crippen molar-refractivity contribution in [3.8, 4) is 11.5 Å². The molecule has 12 heteroatoms. The Bertz CT molecular complexity index is 1030. The minimum Gasteiger partial charge on any atom is -0.493 e. The smallest absolute Gasteiger partial charge is 0.493 e. The predicted octanol–water partition coefficient (Wildman–Crippen LogP) is 3.31. The van der Waals surface area contributed by atoms with Gasteiger partial charge in [0, 0.05) is 12.6 Å². The van der Waals surface area contributed by atoms with Crippen LogP contribution in [0.2, 0.25) is 0 Å². The van der Waals surface area contributed by atoms with E-state index in [1.807, 2.05) is 6.92 Å². The molecule has 0 aromatic heterocycles. The van der Waals surface area contributed by atoms with E-state index in [-0.39, 0.29) is 28.5 Å². The Hall–Kier alpha value is -1.79. The van der Waals surface area contributed by atoms with Crippen molar-refractivity contribution in [3.05, 3.63) is 29.8 Å². The SMILES string of the molecule is C=C(C)C1(CCCC)CS(=O)(=O)c2cc(OS(=O)(=O)C(F)(F)F)c(OC)cc2CN1. The van der Waals surface area contributed by atoms with Gasteiger partial charge in [-0.25, -0.2) is 8.42 Å². The normalized spacial score (nSPS) is 21.4. The van der Waals surface area contributed by atoms with Crippen LogP contribution in [-0.2, 0) is 26.5 Å². The fourth-order valence-corrected chi connectivity index (χ4v) is 5.82. The zero-order chi connectivity index (χ0) is 23.0. The molecule has 0 saturated heterocycles. The molecule has 1 N–H and O–H groups in total. The molecule has 0 saturated carbocycles. The quantitative estimate of drug-likeness (QED) is 0.370. The van der Waals surface area contributed by atoms with Gasteiger partial charge in [-0.05, 0) is 25.0 Å². The third-order valence-electron chi connectivity index (χ3n) is 4.99. The third kappa shape index (κ3) is 4.75. The van der Waals surface area contributed by atoms with Gasteiger partial charge in [0.25, 0.3) is 0 Å². The van der Waals surface area contributed by atoms with E-state index >= 15 is 0 Å². The number of fused-ring (bicyclic) bond motifs is 1. The highest BCUT2D eigenvalue weighted by Crippen LogP contribution is 2.40. The number of alkyl halides is 3. The summed E-state index contributed by atoms with van der Waals surface area (Å²) in [7, 11) is -8.94. The molecule has 1 unspecified atom stereocenters. The highest BCUT2D eigenvalue weighted by atomic mass is 32.2. The van der Waals surface area contributed by atoms with Gasteiger partial charge in [-0.2, -0.15) is 21.6 Å². The maximum atomic E-state index is 13.1. The molecule has 1 heterocycles. The summed E-state index contributed by atoms with van der Waals surface area (Å²) in [5.74, 6) is -1.57. The van der Waals surface area contributed by atoms with Crippen LogP contribution in [0.25, 0.3) is 0 Å². The fourth-order valence-electron chi connectivity index (χ4n) is 3.25. The first-order valence-electron chi connectivity index (χ1n) is 9.04. The third-order valence-corrected chi connectivity index (χ3v) is 7.88. The second kappa shape index (κ2) is 8.39. The van der Waals surface area contributed by atoms with Gasteiger partial charge in [-0.3, -0.25) is 0 Å². The zero-order valence-electron chi connectivity index (χ0n) is 16.8. The maximum absolute atomic E-state index is 13.1. The summed E-state index contributed by atoms with van der Waals surface area (Å²) in [5, 5.41) is 3.21. The highest BCUT2D eigenvalue weighted by Gasteiger charge is 2.49. The van der Waals surface area contributed by atoms with Crippen molar-refractivity contribution in [2.24, 2.45) is 0 Å².